The van der Waals surface area contributed by atoms with Crippen LogP contribution in [-0.4, -0.2) is 0 Å². The van der Waals surface area contributed by atoms with E-state index in [9.17, 15) is 0 Å². The molecular formula is C20H18Zr. The second-order valence-electron chi connectivity index (χ2n) is 6.59. The topological polar surface area (TPSA) is 0 Å². The Morgan fingerprint density at radius 2 is 1.43 bits per heavy atom. The summed E-state index contributed by atoms with van der Waals surface area (Å²) in [5.41, 5.74) is 6.29. The number of rotatable bonds is 2. The van der Waals surface area contributed by atoms with Crippen LogP contribution in [0.1, 0.15) is 21.2 Å². The fourth-order valence-corrected chi connectivity index (χ4v) is 19.5. The van der Waals surface area contributed by atoms with Crippen LogP contribution in [0.5, 0.6) is 0 Å². The van der Waals surface area contributed by atoms with E-state index in [-0.39, 0.29) is 0 Å². The van der Waals surface area contributed by atoms with Gasteiger partial charge < -0.3 is 0 Å². The van der Waals surface area contributed by atoms with Crippen LogP contribution < -0.4 is 0 Å². The average molecular weight is 350 g/mol. The van der Waals surface area contributed by atoms with Gasteiger partial charge in [0.15, 0.2) is 0 Å². The van der Waals surface area contributed by atoms with Crippen molar-refractivity contribution < 1.29 is 20.3 Å². The molecule has 0 nitrogen and oxygen atoms in total. The molecule has 0 N–H and O–H groups in total. The number of benzene rings is 2. The number of hydrogen-bond acceptors (Lipinski definition) is 0. The molecule has 0 atom stereocenters. The Morgan fingerprint density at radius 3 is 1.95 bits per heavy atom. The van der Waals surface area contributed by atoms with Crippen molar-refractivity contribution in [2.24, 2.45) is 0 Å². The molecule has 21 heavy (non-hydrogen) atoms. The molecule has 0 amide bonds. The van der Waals surface area contributed by atoms with E-state index in [0.717, 1.165) is 3.63 Å². The van der Waals surface area contributed by atoms with E-state index in [1.807, 2.05) is 3.28 Å². The van der Waals surface area contributed by atoms with Gasteiger partial charge in [0.1, 0.15) is 0 Å². The molecule has 0 radical (unpaired) electrons. The Kier molecular flexibility index (Phi) is 2.59. The molecule has 1 saturated heterocycles. The molecule has 2 aromatic rings. The molecule has 0 aromatic heterocycles. The van der Waals surface area contributed by atoms with Gasteiger partial charge in [0.2, 0.25) is 0 Å². The van der Waals surface area contributed by atoms with Crippen LogP contribution in [0.3, 0.4) is 0 Å². The van der Waals surface area contributed by atoms with Crippen molar-refractivity contribution >= 4 is 0 Å². The molecule has 0 spiro atoms. The molecule has 3 aliphatic rings. The van der Waals surface area contributed by atoms with Crippen molar-refractivity contribution in [2.45, 2.75) is 18.3 Å². The van der Waals surface area contributed by atoms with Crippen LogP contribution in [0.25, 0.3) is 11.1 Å². The summed E-state index contributed by atoms with van der Waals surface area (Å²) in [5.74, 6) is 0. The summed E-state index contributed by atoms with van der Waals surface area (Å²) < 4.78 is 5.74. The maximum atomic E-state index is 2.46. The number of allylic oxidation sites excluding steroid dienone is 4. The first-order chi connectivity index (χ1) is 10.4. The minimum absolute atomic E-state index is 0.776. The summed E-state index contributed by atoms with van der Waals surface area (Å²) in [7, 11) is 0. The van der Waals surface area contributed by atoms with Crippen molar-refractivity contribution in [2.75, 3.05) is 0 Å². The first-order valence-corrected chi connectivity index (χ1v) is 14.1. The van der Waals surface area contributed by atoms with E-state index >= 15 is 0 Å². The van der Waals surface area contributed by atoms with Crippen LogP contribution in [-0.2, 0) is 20.3 Å². The summed E-state index contributed by atoms with van der Waals surface area (Å²) in [4.78, 5) is 0. The first-order valence-electron chi connectivity index (χ1n) is 7.94. The fraction of sp³-hybridized carbons (Fsp3) is 0.200. The van der Waals surface area contributed by atoms with Crippen molar-refractivity contribution in [3.63, 3.8) is 0 Å². The van der Waals surface area contributed by atoms with Gasteiger partial charge >= 0.3 is 131 Å². The Labute approximate surface area is 130 Å². The van der Waals surface area contributed by atoms with Gasteiger partial charge in [-0.15, -0.1) is 0 Å². The van der Waals surface area contributed by atoms with Crippen LogP contribution in [0.15, 0.2) is 70.0 Å². The van der Waals surface area contributed by atoms with Crippen LogP contribution >= 0.6 is 0 Å². The monoisotopic (exact) mass is 348 g/mol. The summed E-state index contributed by atoms with van der Waals surface area (Å²) in [6.07, 6.45) is 8.36. The SMILES string of the molecule is C1=CC[C]([Zr]2([CH]3c4ccccc4-c4ccccc43)[CH2][CH2]2)=C1. The summed E-state index contributed by atoms with van der Waals surface area (Å²) >= 11 is -2.15. The van der Waals surface area contributed by atoms with Gasteiger partial charge in [0.05, 0.1) is 0 Å². The zero-order valence-electron chi connectivity index (χ0n) is 12.0. The van der Waals surface area contributed by atoms with E-state index in [4.69, 9.17) is 0 Å². The quantitative estimate of drug-likeness (QED) is 0.661. The molecule has 0 unspecified atom stereocenters. The predicted octanol–water partition coefficient (Wildman–Crippen LogP) is 5.60. The minimum atomic E-state index is -2.15. The van der Waals surface area contributed by atoms with Crippen molar-refractivity contribution in [1.29, 1.82) is 0 Å². The predicted molar refractivity (Wildman–Crippen MR) is 85.2 cm³/mol. The van der Waals surface area contributed by atoms with Gasteiger partial charge in [0, 0.05) is 0 Å². The van der Waals surface area contributed by atoms with E-state index in [0.29, 0.717) is 0 Å². The van der Waals surface area contributed by atoms with E-state index in [2.05, 4.69) is 66.8 Å². The third-order valence-corrected chi connectivity index (χ3v) is 17.8. The van der Waals surface area contributed by atoms with Crippen molar-refractivity contribution in [3.05, 3.63) is 81.2 Å². The van der Waals surface area contributed by atoms with E-state index in [1.165, 1.54) is 17.5 Å². The standard InChI is InChI=1S/C13H9.C5H5.C2H4.Zr/c1-3-7-12-10(5-1)9-11-6-2-4-8-13(11)12;1-2-4-5-3-1;1-2;/h1-9H;1-3H,4H2;1-2H2;. The van der Waals surface area contributed by atoms with Crippen LogP contribution in [0.2, 0.25) is 8.26 Å². The third-order valence-electron chi connectivity index (χ3n) is 5.59. The summed E-state index contributed by atoms with van der Waals surface area (Å²) in [6, 6.07) is 18.3. The van der Waals surface area contributed by atoms with Crippen molar-refractivity contribution in [1.82, 2.24) is 0 Å². The average Bonchev–Trinajstić information content (AvgIpc) is 3.02. The maximum absolute atomic E-state index is 2.46. The molecule has 2 aliphatic carbocycles. The fourth-order valence-electron chi connectivity index (χ4n) is 4.50. The number of fused-ring (bicyclic) bond motifs is 3. The van der Waals surface area contributed by atoms with Gasteiger partial charge in [-0.1, -0.05) is 0 Å². The molecular weight excluding hydrogens is 331 g/mol. The normalized spacial score (nSPS) is 21.0. The Bertz CT molecular complexity index is 747. The number of hydrogen-bond donors (Lipinski definition) is 0. The third kappa shape index (κ3) is 1.65. The van der Waals surface area contributed by atoms with Crippen LogP contribution in [0.4, 0.5) is 0 Å². The van der Waals surface area contributed by atoms with Crippen molar-refractivity contribution in [3.8, 4) is 11.1 Å². The second kappa shape index (κ2) is 4.40. The molecule has 2 aromatic carbocycles. The van der Waals surface area contributed by atoms with Gasteiger partial charge in [-0.3, -0.25) is 0 Å². The Hall–Kier alpha value is -1.20. The summed E-state index contributed by atoms with van der Waals surface area (Å²) in [5, 5.41) is 0. The molecule has 1 heteroatoms. The van der Waals surface area contributed by atoms with Gasteiger partial charge in [-0.25, -0.2) is 0 Å². The first kappa shape index (κ1) is 12.4. The second-order valence-corrected chi connectivity index (χ2v) is 17.7. The zero-order valence-corrected chi connectivity index (χ0v) is 14.5. The van der Waals surface area contributed by atoms with E-state index in [1.54, 1.807) is 19.4 Å². The molecule has 5 rings (SSSR count). The molecule has 1 fully saturated rings. The van der Waals surface area contributed by atoms with Gasteiger partial charge in [-0.2, -0.15) is 0 Å². The molecule has 1 aliphatic heterocycles. The zero-order chi connectivity index (χ0) is 13.9. The molecule has 102 valence electrons. The van der Waals surface area contributed by atoms with E-state index < -0.39 is 20.3 Å². The van der Waals surface area contributed by atoms with Gasteiger partial charge in [-0.05, 0) is 0 Å². The molecule has 0 bridgehead atoms. The summed E-state index contributed by atoms with van der Waals surface area (Å²) in [6.45, 7) is 0. The Balaban J connectivity index is 1.74. The molecule has 0 saturated carbocycles. The molecule has 1 heterocycles. The van der Waals surface area contributed by atoms with Crippen LogP contribution in [0, 0.1) is 0 Å². The Morgan fingerprint density at radius 1 is 0.810 bits per heavy atom. The van der Waals surface area contributed by atoms with Gasteiger partial charge in [0.25, 0.3) is 0 Å².